The van der Waals surface area contributed by atoms with E-state index in [4.69, 9.17) is 0 Å². The minimum Gasteiger partial charge on any atom is -0.322 e. The lowest BCUT2D eigenvalue weighted by atomic mass is 10.0. The summed E-state index contributed by atoms with van der Waals surface area (Å²) >= 11 is 0. The Balaban J connectivity index is 1.90. The molecule has 24 heavy (non-hydrogen) atoms. The molecule has 0 spiro atoms. The van der Waals surface area contributed by atoms with E-state index in [0.29, 0.717) is 0 Å². The molecule has 0 saturated carbocycles. The van der Waals surface area contributed by atoms with Gasteiger partial charge in [-0.05, 0) is 24.1 Å². The summed E-state index contributed by atoms with van der Waals surface area (Å²) in [5.74, 6) is -0.297. The number of benzene rings is 2. The predicted molar refractivity (Wildman–Crippen MR) is 94.1 cm³/mol. The third-order valence-corrected chi connectivity index (χ3v) is 4.45. The smallest absolute Gasteiger partial charge is 0.322 e. The van der Waals surface area contributed by atoms with Crippen molar-refractivity contribution in [2.75, 3.05) is 7.05 Å². The highest BCUT2D eigenvalue weighted by molar-refractivity contribution is 6.04. The van der Waals surface area contributed by atoms with E-state index in [1.807, 2.05) is 67.6 Å². The molecule has 1 saturated heterocycles. The van der Waals surface area contributed by atoms with Gasteiger partial charge in [0.05, 0.1) is 12.1 Å². The van der Waals surface area contributed by atoms with E-state index >= 15 is 0 Å². The Morgan fingerprint density at radius 1 is 1.00 bits per heavy atom. The fraction of sp³-hybridized carbons (Fsp3) is 0.200. The summed E-state index contributed by atoms with van der Waals surface area (Å²) in [6.45, 7) is 1.96. The SMILES string of the molecule is CC1C(c2ccccc2)N(C(=O)/C=C/c2ccccc2)C(=O)N1C. The van der Waals surface area contributed by atoms with Crippen LogP contribution >= 0.6 is 0 Å². The van der Waals surface area contributed by atoms with Gasteiger partial charge >= 0.3 is 6.03 Å². The van der Waals surface area contributed by atoms with E-state index in [-0.39, 0.29) is 24.0 Å². The third kappa shape index (κ3) is 2.95. The van der Waals surface area contributed by atoms with Crippen LogP contribution in [0.3, 0.4) is 0 Å². The van der Waals surface area contributed by atoms with E-state index in [9.17, 15) is 9.59 Å². The maximum atomic E-state index is 12.7. The van der Waals surface area contributed by atoms with Crippen LogP contribution in [-0.4, -0.2) is 34.8 Å². The molecule has 1 aliphatic heterocycles. The van der Waals surface area contributed by atoms with Gasteiger partial charge in [0, 0.05) is 13.1 Å². The molecule has 122 valence electrons. The summed E-state index contributed by atoms with van der Waals surface area (Å²) in [4.78, 5) is 28.2. The second-order valence-corrected chi connectivity index (χ2v) is 5.94. The quantitative estimate of drug-likeness (QED) is 0.809. The molecule has 2 aromatic carbocycles. The van der Waals surface area contributed by atoms with Crippen molar-refractivity contribution in [2.24, 2.45) is 0 Å². The summed E-state index contributed by atoms with van der Waals surface area (Å²) in [6.07, 6.45) is 3.20. The van der Waals surface area contributed by atoms with Crippen molar-refractivity contribution >= 4 is 18.0 Å². The number of imide groups is 1. The summed E-state index contributed by atoms with van der Waals surface area (Å²) in [7, 11) is 1.73. The molecule has 0 radical (unpaired) electrons. The Labute approximate surface area is 142 Å². The first-order valence-corrected chi connectivity index (χ1v) is 7.97. The van der Waals surface area contributed by atoms with Gasteiger partial charge in [0.15, 0.2) is 0 Å². The van der Waals surface area contributed by atoms with Gasteiger partial charge in [-0.15, -0.1) is 0 Å². The predicted octanol–water partition coefficient (Wildman–Crippen LogP) is 3.72. The number of carbonyl (C=O) groups excluding carboxylic acids is 2. The molecule has 2 unspecified atom stereocenters. The third-order valence-electron chi connectivity index (χ3n) is 4.45. The Morgan fingerprint density at radius 2 is 1.58 bits per heavy atom. The normalized spacial score (nSPS) is 20.8. The zero-order chi connectivity index (χ0) is 17.1. The largest absolute Gasteiger partial charge is 0.327 e. The van der Waals surface area contributed by atoms with E-state index in [2.05, 4.69) is 0 Å². The van der Waals surface area contributed by atoms with Crippen LogP contribution in [0.2, 0.25) is 0 Å². The molecular formula is C20H20N2O2. The zero-order valence-electron chi connectivity index (χ0n) is 13.8. The van der Waals surface area contributed by atoms with E-state index in [1.54, 1.807) is 18.0 Å². The van der Waals surface area contributed by atoms with E-state index in [1.165, 1.54) is 11.0 Å². The number of hydrogen-bond donors (Lipinski definition) is 0. The minimum atomic E-state index is -0.297. The number of rotatable bonds is 3. The van der Waals surface area contributed by atoms with Gasteiger partial charge in [-0.3, -0.25) is 9.69 Å². The molecule has 0 aliphatic carbocycles. The summed E-state index contributed by atoms with van der Waals surface area (Å²) in [5.41, 5.74) is 1.89. The number of likely N-dealkylation sites (N-methyl/N-ethyl adjacent to an activating group) is 1. The molecule has 0 N–H and O–H groups in total. The van der Waals surface area contributed by atoms with Crippen molar-refractivity contribution in [3.63, 3.8) is 0 Å². The van der Waals surface area contributed by atoms with Crippen LogP contribution in [0.5, 0.6) is 0 Å². The summed E-state index contributed by atoms with van der Waals surface area (Å²) in [5, 5.41) is 0. The monoisotopic (exact) mass is 320 g/mol. The molecule has 0 bridgehead atoms. The molecule has 4 heteroatoms. The van der Waals surface area contributed by atoms with Crippen molar-refractivity contribution in [3.8, 4) is 0 Å². The molecule has 1 aliphatic rings. The molecule has 1 heterocycles. The topological polar surface area (TPSA) is 40.6 Å². The maximum absolute atomic E-state index is 12.7. The highest BCUT2D eigenvalue weighted by Crippen LogP contribution is 2.34. The Morgan fingerprint density at radius 3 is 2.21 bits per heavy atom. The van der Waals surface area contributed by atoms with Crippen molar-refractivity contribution in [1.29, 1.82) is 0 Å². The lowest BCUT2D eigenvalue weighted by molar-refractivity contribution is -0.124. The van der Waals surface area contributed by atoms with Crippen molar-refractivity contribution in [3.05, 3.63) is 77.9 Å². The van der Waals surface area contributed by atoms with E-state index in [0.717, 1.165) is 11.1 Å². The number of nitrogens with zero attached hydrogens (tertiary/aromatic N) is 2. The molecule has 1 fully saturated rings. The molecule has 3 rings (SSSR count). The van der Waals surface area contributed by atoms with Crippen molar-refractivity contribution in [1.82, 2.24) is 9.80 Å². The molecule has 4 nitrogen and oxygen atoms in total. The van der Waals surface area contributed by atoms with Crippen molar-refractivity contribution < 1.29 is 9.59 Å². The average molecular weight is 320 g/mol. The second kappa shape index (κ2) is 6.71. The fourth-order valence-electron chi connectivity index (χ4n) is 3.01. The first kappa shape index (κ1) is 16.0. The maximum Gasteiger partial charge on any atom is 0.327 e. The molecule has 3 amide bonds. The standard InChI is InChI=1S/C20H20N2O2/c1-15-19(17-11-7-4-8-12-17)22(20(24)21(15)2)18(23)14-13-16-9-5-3-6-10-16/h3-15,19H,1-2H3/b14-13+. The zero-order valence-corrected chi connectivity index (χ0v) is 13.8. The van der Waals surface area contributed by atoms with Crippen LogP contribution in [0.25, 0.3) is 6.08 Å². The van der Waals surface area contributed by atoms with Gasteiger partial charge in [-0.25, -0.2) is 4.79 Å². The average Bonchev–Trinajstić information content (AvgIpc) is 2.85. The van der Waals surface area contributed by atoms with Crippen LogP contribution in [0.1, 0.15) is 24.1 Å². The number of carbonyl (C=O) groups is 2. The van der Waals surface area contributed by atoms with Gasteiger partial charge in [-0.2, -0.15) is 0 Å². The first-order valence-electron chi connectivity index (χ1n) is 7.97. The van der Waals surface area contributed by atoms with Crippen LogP contribution in [0.4, 0.5) is 4.79 Å². The molecular weight excluding hydrogens is 300 g/mol. The van der Waals surface area contributed by atoms with Gasteiger partial charge < -0.3 is 4.90 Å². The molecule has 0 aromatic heterocycles. The first-order chi connectivity index (χ1) is 11.6. The van der Waals surface area contributed by atoms with Crippen molar-refractivity contribution in [2.45, 2.75) is 19.0 Å². The minimum absolute atomic E-state index is 0.0750. The highest BCUT2D eigenvalue weighted by Gasteiger charge is 2.44. The fourth-order valence-corrected chi connectivity index (χ4v) is 3.01. The van der Waals surface area contributed by atoms with Crippen LogP contribution < -0.4 is 0 Å². The van der Waals surface area contributed by atoms with Crippen LogP contribution in [0, 0.1) is 0 Å². The Hall–Kier alpha value is -2.88. The van der Waals surface area contributed by atoms with Crippen LogP contribution in [0.15, 0.2) is 66.7 Å². The number of amides is 3. The van der Waals surface area contributed by atoms with Crippen LogP contribution in [-0.2, 0) is 4.79 Å². The van der Waals surface area contributed by atoms with Gasteiger partial charge in [0.1, 0.15) is 0 Å². The molecule has 2 atom stereocenters. The van der Waals surface area contributed by atoms with Gasteiger partial charge in [0.25, 0.3) is 5.91 Å². The molecule has 2 aromatic rings. The lowest BCUT2D eigenvalue weighted by Gasteiger charge is -2.23. The number of hydrogen-bond acceptors (Lipinski definition) is 2. The second-order valence-electron chi connectivity index (χ2n) is 5.94. The summed E-state index contributed by atoms with van der Waals surface area (Å²) < 4.78 is 0. The van der Waals surface area contributed by atoms with Gasteiger partial charge in [-0.1, -0.05) is 60.7 Å². The summed E-state index contributed by atoms with van der Waals surface area (Å²) in [6, 6.07) is 18.6. The lowest BCUT2D eigenvalue weighted by Crippen LogP contribution is -2.35. The highest BCUT2D eigenvalue weighted by atomic mass is 16.2. The van der Waals surface area contributed by atoms with Gasteiger partial charge in [0.2, 0.25) is 0 Å². The van der Waals surface area contributed by atoms with E-state index < -0.39 is 0 Å². The Bertz CT molecular complexity index is 756. The number of urea groups is 1. The Kier molecular flexibility index (Phi) is 4.47.